The van der Waals surface area contributed by atoms with Crippen molar-refractivity contribution in [3.8, 4) is 23.0 Å². The average molecular weight is 1530 g/mol. The molecule has 0 saturated carbocycles. The van der Waals surface area contributed by atoms with E-state index in [2.05, 4.69) is 37.2 Å². The van der Waals surface area contributed by atoms with Crippen LogP contribution in [0, 0.1) is 11.8 Å². The minimum Gasteiger partial charge on any atom is -0.508 e. The second kappa shape index (κ2) is 37.5. The summed E-state index contributed by atoms with van der Waals surface area (Å²) in [5, 5.41) is 95.8. The van der Waals surface area contributed by atoms with E-state index in [1.54, 1.807) is 88.4 Å². The molecule has 2 heterocycles. The highest BCUT2D eigenvalue weighted by molar-refractivity contribution is 6.31. The number of amides is 8. The number of nitrogens with one attached hydrogen (secondary N) is 7. The van der Waals surface area contributed by atoms with E-state index >= 15 is 0 Å². The molecule has 14 N–H and O–H groups in total. The second-order valence-corrected chi connectivity index (χ2v) is 28.6. The van der Waals surface area contributed by atoms with Crippen molar-refractivity contribution in [1.82, 2.24) is 42.1 Å². The third kappa shape index (κ3) is 20.7. The van der Waals surface area contributed by atoms with Crippen LogP contribution in [0.25, 0.3) is 0 Å². The molecule has 5 aromatic rings. The van der Waals surface area contributed by atoms with E-state index in [9.17, 15) is 93.3 Å². The van der Waals surface area contributed by atoms with Gasteiger partial charge in [0.15, 0.2) is 17.9 Å². The van der Waals surface area contributed by atoms with Crippen molar-refractivity contribution in [2.45, 2.75) is 185 Å². The molecule has 2 aliphatic carbocycles. The molecule has 0 bridgehead atoms. The minimum absolute atomic E-state index is 0.0170. The molecule has 4 aliphatic rings. The van der Waals surface area contributed by atoms with E-state index in [-0.39, 0.29) is 97.5 Å². The maximum absolute atomic E-state index is 14.9. The van der Waals surface area contributed by atoms with Crippen molar-refractivity contribution >= 4 is 70.8 Å². The van der Waals surface area contributed by atoms with Gasteiger partial charge in [-0.05, 0) is 85.8 Å². The third-order valence-electron chi connectivity index (χ3n) is 19.5. The highest BCUT2D eigenvalue weighted by Crippen LogP contribution is 2.53. The van der Waals surface area contributed by atoms with E-state index < -0.39 is 211 Å². The number of aliphatic carboxylic acids is 1. The van der Waals surface area contributed by atoms with Crippen molar-refractivity contribution in [1.29, 1.82) is 0 Å². The van der Waals surface area contributed by atoms with Crippen molar-refractivity contribution in [2.75, 3.05) is 33.4 Å². The zero-order chi connectivity index (χ0) is 79.8. The standard InChI is InChI=1S/C78H94N8O24/c1-40(2)29-51(84-75(102)55-20-14-28-86(55)76(103)49(26-27-60(91)92)85-77(104)108-38-45-17-11-8-12-18-45)71(98)79-35-59(90)80-54(39-107-37-44-15-9-7-10-16-44)74(101)83-53(31-43-22-24-46(88)25-23-43)73(100)82-52(30-41(3)4)72(99)81-50-32-61(109-42(5)66(50)93)110-57-34-78(105,58(89)36-87)33-48-63(57)70(97)65-64(68(48)95)67(94)47-19-13-21-56(106-6)62(47)69(65)96/h7-13,15-19,21-25,40-42,49-55,57,61,66,87-88,93,95,97,105H,14,20,26-39H2,1-6H3,(H,79,98)(H,80,90)(H,81,99)(H,82,100)(H,83,101)(H,84,102)(H,85,104)(H,91,92)/t42-,49-,50-,51-,52-,53-,54-,55-,57-,61-,66-,78-/m0/s1. The number of hydrogen-bond acceptors (Lipinski definition) is 23. The molecule has 32 nitrogen and oxygen atoms in total. The number of likely N-dealkylation sites (tertiary alicyclic amines) is 1. The Morgan fingerprint density at radius 1 is 0.682 bits per heavy atom. The Labute approximate surface area is 633 Å². The number of phenolic OH excluding ortho intramolecular Hbond substituents is 3. The number of carboxylic acid groups (broad SMARTS) is 1. The van der Waals surface area contributed by atoms with Gasteiger partial charge < -0.3 is 102 Å². The normalized spacial score (nSPS) is 20.6. The quantitative estimate of drug-likeness (QED) is 0.0258. The molecule has 5 aromatic carbocycles. The van der Waals surface area contributed by atoms with Gasteiger partial charge in [-0.25, -0.2) is 4.79 Å². The van der Waals surface area contributed by atoms with Gasteiger partial charge in [-0.1, -0.05) is 113 Å². The van der Waals surface area contributed by atoms with Crippen molar-refractivity contribution in [3.05, 3.63) is 153 Å². The largest absolute Gasteiger partial charge is 0.508 e. The molecule has 0 unspecified atom stereocenters. The molecule has 0 aromatic heterocycles. The van der Waals surface area contributed by atoms with Crippen molar-refractivity contribution < 1.29 is 117 Å². The Morgan fingerprint density at radius 3 is 1.95 bits per heavy atom. The van der Waals surface area contributed by atoms with Gasteiger partial charge >= 0.3 is 12.1 Å². The summed E-state index contributed by atoms with van der Waals surface area (Å²) in [6, 6.07) is 17.6. The number of carboxylic acids is 1. The monoisotopic (exact) mass is 1530 g/mol. The maximum atomic E-state index is 14.9. The fourth-order valence-corrected chi connectivity index (χ4v) is 14.0. The zero-order valence-electron chi connectivity index (χ0n) is 61.7. The Hall–Kier alpha value is -10.9. The molecule has 2 fully saturated rings. The number of aliphatic hydroxyl groups excluding tert-OH is 2. The van der Waals surface area contributed by atoms with Gasteiger partial charge in [0.25, 0.3) is 0 Å². The first kappa shape index (κ1) is 83.1. The number of alkyl carbamates (subject to hydrolysis) is 1. The number of hydrogen-bond donors (Lipinski definition) is 14. The Balaban J connectivity index is 0.895. The lowest BCUT2D eigenvalue weighted by molar-refractivity contribution is -0.249. The van der Waals surface area contributed by atoms with Crippen LogP contribution >= 0.6 is 0 Å². The molecule has 0 radical (unpaired) electrons. The van der Waals surface area contributed by atoms with Gasteiger partial charge in [0.2, 0.25) is 47.1 Å². The van der Waals surface area contributed by atoms with Gasteiger partial charge in [0, 0.05) is 55.3 Å². The van der Waals surface area contributed by atoms with Crippen LogP contribution in [0.5, 0.6) is 23.0 Å². The van der Waals surface area contributed by atoms with Crippen LogP contribution in [0.2, 0.25) is 0 Å². The van der Waals surface area contributed by atoms with Crippen molar-refractivity contribution in [3.63, 3.8) is 0 Å². The molecular weight excluding hydrogens is 1430 g/mol. The lowest BCUT2D eigenvalue weighted by Crippen LogP contribution is -2.61. The fraction of sp³-hybridized carbons (Fsp3) is 0.462. The summed E-state index contributed by atoms with van der Waals surface area (Å²) >= 11 is 0. The Bertz CT molecular complexity index is 4220. The first-order chi connectivity index (χ1) is 52.4. The van der Waals surface area contributed by atoms with Gasteiger partial charge in [-0.15, -0.1) is 0 Å². The number of carbonyl (C=O) groups is 12. The summed E-state index contributed by atoms with van der Waals surface area (Å²) in [6.07, 6.45) is -9.34. The predicted octanol–water partition coefficient (Wildman–Crippen LogP) is 2.62. The molecule has 2 aliphatic heterocycles. The first-order valence-electron chi connectivity index (χ1n) is 36.3. The van der Waals surface area contributed by atoms with Crippen molar-refractivity contribution in [2.24, 2.45) is 11.8 Å². The van der Waals surface area contributed by atoms with Crippen LogP contribution in [0.3, 0.4) is 0 Å². The minimum atomic E-state index is -2.51. The highest BCUT2D eigenvalue weighted by atomic mass is 16.7. The van der Waals surface area contributed by atoms with Gasteiger partial charge in [-0.3, -0.25) is 52.7 Å². The molecule has 8 amide bonds. The number of rotatable bonds is 34. The molecular formula is C78H94N8O24. The molecule has 12 atom stereocenters. The summed E-state index contributed by atoms with van der Waals surface area (Å²) in [7, 11) is 1.26. The summed E-state index contributed by atoms with van der Waals surface area (Å²) < 4.78 is 29.1. The van der Waals surface area contributed by atoms with Gasteiger partial charge in [-0.2, -0.15) is 0 Å². The molecule has 0 spiro atoms. The van der Waals surface area contributed by atoms with Crippen LogP contribution in [-0.4, -0.2) is 211 Å². The molecule has 110 heavy (non-hydrogen) atoms. The van der Waals surface area contributed by atoms with E-state index in [4.69, 9.17) is 23.7 Å². The summed E-state index contributed by atoms with van der Waals surface area (Å²) in [5.74, 6) is -12.6. The van der Waals surface area contributed by atoms with Gasteiger partial charge in [0.1, 0.15) is 84.2 Å². The number of ketones is 3. The predicted molar refractivity (Wildman–Crippen MR) is 388 cm³/mol. The topological polar surface area (TPSA) is 480 Å². The number of aliphatic hydroxyl groups is 3. The number of nitrogens with zero attached hydrogens (tertiary/aromatic N) is 1. The fourth-order valence-electron chi connectivity index (χ4n) is 14.0. The number of carbonyl (C=O) groups excluding carboxylic acids is 11. The highest BCUT2D eigenvalue weighted by Gasteiger charge is 2.51. The second-order valence-electron chi connectivity index (χ2n) is 28.6. The summed E-state index contributed by atoms with van der Waals surface area (Å²) in [6.45, 7) is 5.86. The SMILES string of the molecule is COc1cccc2c1C(=O)c1c(O)c3c(c(O)c1C2=O)C[C@@](O)(C(=O)CO)C[C@@H]3O[C@H]1C[C@H](NC(=O)[C@H](CC(C)C)NC(=O)[C@H](Cc2ccc(O)cc2)NC(=O)[C@H](COCc2ccccc2)NC(=O)CNC(=O)[C@H](CC(C)C)NC(=O)[C@@H]2CCCN2C(=O)[C@H](CCC(=O)O)NC(=O)OCc2ccccc2)[C@@H](O)[C@H](C)O1. The van der Waals surface area contributed by atoms with Crippen LogP contribution < -0.4 is 42.0 Å². The lowest BCUT2D eigenvalue weighted by Gasteiger charge is -2.43. The van der Waals surface area contributed by atoms with Crippen LogP contribution in [0.4, 0.5) is 4.79 Å². The number of fused-ring (bicyclic) bond motifs is 3. The molecule has 590 valence electrons. The van der Waals surface area contributed by atoms with Gasteiger partial charge in [0.05, 0.1) is 61.8 Å². The molecule has 32 heteroatoms. The van der Waals surface area contributed by atoms with E-state index in [1.807, 2.05) is 0 Å². The first-order valence-corrected chi connectivity index (χ1v) is 36.3. The smallest absolute Gasteiger partial charge is 0.408 e. The van der Waals surface area contributed by atoms with Crippen LogP contribution in [-0.2, 0) is 88.2 Å². The molecule has 2 saturated heterocycles. The van der Waals surface area contributed by atoms with E-state index in [0.717, 1.165) is 0 Å². The number of Topliss-reactive ketones (excluding diaryl/α,β-unsaturated/α-hetero) is 1. The maximum Gasteiger partial charge on any atom is 0.408 e. The number of phenols is 3. The van der Waals surface area contributed by atoms with Crippen LogP contribution in [0.1, 0.15) is 152 Å². The van der Waals surface area contributed by atoms with Crippen LogP contribution in [0.15, 0.2) is 103 Å². The summed E-state index contributed by atoms with van der Waals surface area (Å²) in [4.78, 5) is 169. The number of aromatic hydroxyl groups is 3. The zero-order valence-corrected chi connectivity index (χ0v) is 61.7. The number of benzene rings is 5. The number of methoxy groups -OCH3 is 1. The average Bonchev–Trinajstić information content (AvgIpc) is 0.795. The molecule has 9 rings (SSSR count). The Morgan fingerprint density at radius 2 is 1.31 bits per heavy atom. The van der Waals surface area contributed by atoms with E-state index in [1.165, 1.54) is 61.4 Å². The lowest BCUT2D eigenvalue weighted by atomic mass is 9.72. The third-order valence-corrected chi connectivity index (χ3v) is 19.5. The summed E-state index contributed by atoms with van der Waals surface area (Å²) in [5.41, 5.74) is -3.07. The number of ether oxygens (including phenoxy) is 5. The Kier molecular flexibility index (Phi) is 28.3. The van der Waals surface area contributed by atoms with E-state index in [0.29, 0.717) is 23.1 Å².